The van der Waals surface area contributed by atoms with Gasteiger partial charge in [-0.15, -0.1) is 0 Å². The SMILES string of the molecule is COc1ccccc1N(CC(=O)Nc1ccc2c(c1)sc(=O)n2C)S(=O)(=O)c1ccccc1. The number of anilines is 2. The Morgan fingerprint density at radius 3 is 2.48 bits per heavy atom. The first kappa shape index (κ1) is 22.6. The van der Waals surface area contributed by atoms with Crippen LogP contribution in [0.4, 0.5) is 11.4 Å². The average Bonchev–Trinajstić information content (AvgIpc) is 3.10. The molecule has 0 spiro atoms. The van der Waals surface area contributed by atoms with Crippen LogP contribution in [0.3, 0.4) is 0 Å². The number of carbonyl (C=O) groups excluding carboxylic acids is 1. The van der Waals surface area contributed by atoms with E-state index in [0.717, 1.165) is 25.9 Å². The fourth-order valence-corrected chi connectivity index (χ4v) is 5.77. The lowest BCUT2D eigenvalue weighted by Gasteiger charge is -2.25. The van der Waals surface area contributed by atoms with E-state index in [1.165, 1.54) is 23.8 Å². The van der Waals surface area contributed by atoms with E-state index in [4.69, 9.17) is 4.74 Å². The Morgan fingerprint density at radius 1 is 1.06 bits per heavy atom. The number of carbonyl (C=O) groups is 1. The molecule has 0 bridgehead atoms. The fraction of sp³-hybridized carbons (Fsp3) is 0.130. The number of hydrogen-bond acceptors (Lipinski definition) is 6. The van der Waals surface area contributed by atoms with Crippen LogP contribution in [-0.4, -0.2) is 32.5 Å². The third kappa shape index (κ3) is 4.48. The first-order valence-corrected chi connectivity index (χ1v) is 12.2. The van der Waals surface area contributed by atoms with Gasteiger partial charge < -0.3 is 14.6 Å². The van der Waals surface area contributed by atoms with Crippen LogP contribution in [0.2, 0.25) is 0 Å². The van der Waals surface area contributed by atoms with Crippen molar-refractivity contribution in [3.63, 3.8) is 0 Å². The normalized spacial score (nSPS) is 11.3. The summed E-state index contributed by atoms with van der Waals surface area (Å²) in [4.78, 5) is 24.8. The number of aryl methyl sites for hydroxylation is 1. The van der Waals surface area contributed by atoms with Gasteiger partial charge in [0.2, 0.25) is 5.91 Å². The molecule has 0 aliphatic carbocycles. The van der Waals surface area contributed by atoms with Crippen LogP contribution in [0.25, 0.3) is 10.2 Å². The van der Waals surface area contributed by atoms with Gasteiger partial charge >= 0.3 is 4.87 Å². The van der Waals surface area contributed by atoms with Gasteiger partial charge in [0.15, 0.2) is 0 Å². The number of thiazole rings is 1. The third-order valence-electron chi connectivity index (χ3n) is 5.05. The number of fused-ring (bicyclic) bond motifs is 1. The molecule has 1 aromatic heterocycles. The van der Waals surface area contributed by atoms with E-state index >= 15 is 0 Å². The third-order valence-corrected chi connectivity index (χ3v) is 7.82. The van der Waals surface area contributed by atoms with Gasteiger partial charge in [-0.3, -0.25) is 13.9 Å². The van der Waals surface area contributed by atoms with Crippen LogP contribution in [0.1, 0.15) is 0 Å². The molecule has 33 heavy (non-hydrogen) atoms. The first-order chi connectivity index (χ1) is 15.8. The lowest BCUT2D eigenvalue weighted by Crippen LogP contribution is -2.38. The molecule has 170 valence electrons. The maximum atomic E-state index is 13.5. The van der Waals surface area contributed by atoms with E-state index < -0.39 is 22.5 Å². The number of ether oxygens (including phenoxy) is 1. The molecule has 0 saturated carbocycles. The molecule has 0 aliphatic heterocycles. The maximum absolute atomic E-state index is 13.5. The smallest absolute Gasteiger partial charge is 0.307 e. The van der Waals surface area contributed by atoms with Crippen LogP contribution in [0.5, 0.6) is 5.75 Å². The molecular weight excluding hydrogens is 462 g/mol. The molecule has 10 heteroatoms. The summed E-state index contributed by atoms with van der Waals surface area (Å²) in [6.45, 7) is -0.472. The van der Waals surface area contributed by atoms with Crippen molar-refractivity contribution in [2.75, 3.05) is 23.3 Å². The highest BCUT2D eigenvalue weighted by molar-refractivity contribution is 7.92. The number of nitrogens with one attached hydrogen (secondary N) is 1. The molecule has 0 radical (unpaired) electrons. The highest BCUT2D eigenvalue weighted by atomic mass is 32.2. The van der Waals surface area contributed by atoms with Crippen molar-refractivity contribution in [1.82, 2.24) is 4.57 Å². The Hall–Kier alpha value is -3.63. The predicted molar refractivity (Wildman–Crippen MR) is 130 cm³/mol. The van der Waals surface area contributed by atoms with E-state index in [0.29, 0.717) is 11.4 Å². The quantitative estimate of drug-likeness (QED) is 0.434. The molecule has 0 aliphatic rings. The Kier molecular flexibility index (Phi) is 6.21. The van der Waals surface area contributed by atoms with Crippen LogP contribution in [0.15, 0.2) is 82.5 Å². The van der Waals surface area contributed by atoms with Gasteiger partial charge in [-0.25, -0.2) is 8.42 Å². The number of nitrogens with zero attached hydrogens (tertiary/aromatic N) is 2. The monoisotopic (exact) mass is 483 g/mol. The Balaban J connectivity index is 1.68. The van der Waals surface area contributed by atoms with Crippen LogP contribution in [0, 0.1) is 0 Å². The zero-order chi connectivity index (χ0) is 23.6. The van der Waals surface area contributed by atoms with Crippen molar-refractivity contribution in [3.8, 4) is 5.75 Å². The van der Waals surface area contributed by atoms with Crippen molar-refractivity contribution in [2.24, 2.45) is 7.05 Å². The largest absolute Gasteiger partial charge is 0.495 e. The van der Waals surface area contributed by atoms with Crippen LogP contribution < -0.4 is 19.2 Å². The van der Waals surface area contributed by atoms with Crippen molar-refractivity contribution in [1.29, 1.82) is 0 Å². The molecular formula is C23H21N3O5S2. The number of benzene rings is 3. The standard InChI is InChI=1S/C23H21N3O5S2/c1-25-19-13-12-16(14-21(19)32-23(25)28)24-22(27)15-26(18-10-6-7-11-20(18)31-2)33(29,30)17-8-4-3-5-9-17/h3-14H,15H2,1-2H3,(H,24,27). The lowest BCUT2D eigenvalue weighted by atomic mass is 10.2. The minimum atomic E-state index is -4.06. The molecule has 1 N–H and O–H groups in total. The number of rotatable bonds is 7. The highest BCUT2D eigenvalue weighted by Crippen LogP contribution is 2.32. The van der Waals surface area contributed by atoms with Gasteiger partial charge in [0.05, 0.1) is 27.9 Å². The topological polar surface area (TPSA) is 97.7 Å². The number of hydrogen-bond donors (Lipinski definition) is 1. The Labute approximate surface area is 194 Å². The summed E-state index contributed by atoms with van der Waals surface area (Å²) in [6.07, 6.45) is 0. The second-order valence-electron chi connectivity index (χ2n) is 7.15. The number of sulfonamides is 1. The van der Waals surface area contributed by atoms with Gasteiger partial charge in [-0.05, 0) is 42.5 Å². The van der Waals surface area contributed by atoms with Gasteiger partial charge in [-0.2, -0.15) is 0 Å². The summed E-state index contributed by atoms with van der Waals surface area (Å²) in [5.41, 5.74) is 1.47. The molecule has 0 fully saturated rings. The molecule has 1 amide bonds. The molecule has 4 aromatic rings. The molecule has 8 nitrogen and oxygen atoms in total. The second-order valence-corrected chi connectivity index (χ2v) is 10.0. The highest BCUT2D eigenvalue weighted by Gasteiger charge is 2.29. The van der Waals surface area contributed by atoms with E-state index in [1.54, 1.807) is 67.7 Å². The summed E-state index contributed by atoms with van der Waals surface area (Å²) in [7, 11) is -0.944. The molecule has 1 heterocycles. The molecule has 0 atom stereocenters. The molecule has 3 aromatic carbocycles. The number of aromatic nitrogens is 1. The van der Waals surface area contributed by atoms with Crippen LogP contribution >= 0.6 is 11.3 Å². The molecule has 0 saturated heterocycles. The first-order valence-electron chi connectivity index (χ1n) is 9.91. The van der Waals surface area contributed by atoms with Gasteiger partial charge in [-0.1, -0.05) is 41.7 Å². The summed E-state index contributed by atoms with van der Waals surface area (Å²) in [5.74, 6) is -0.219. The van der Waals surface area contributed by atoms with E-state index in [2.05, 4.69) is 5.32 Å². The maximum Gasteiger partial charge on any atom is 0.307 e. The molecule has 0 unspecified atom stereocenters. The van der Waals surface area contributed by atoms with E-state index in [9.17, 15) is 18.0 Å². The van der Waals surface area contributed by atoms with Gasteiger partial charge in [0, 0.05) is 12.7 Å². The minimum Gasteiger partial charge on any atom is -0.495 e. The summed E-state index contributed by atoms with van der Waals surface area (Å²) < 4.78 is 35.5. The minimum absolute atomic E-state index is 0.0548. The zero-order valence-corrected chi connectivity index (χ0v) is 19.5. The Morgan fingerprint density at radius 2 is 1.76 bits per heavy atom. The van der Waals surface area contributed by atoms with Crippen molar-refractivity contribution < 1.29 is 17.9 Å². The van der Waals surface area contributed by atoms with Crippen LogP contribution in [-0.2, 0) is 21.9 Å². The van der Waals surface area contributed by atoms with Crippen molar-refractivity contribution in [2.45, 2.75) is 4.90 Å². The predicted octanol–water partition coefficient (Wildman–Crippen LogP) is 3.44. The van der Waals surface area contributed by atoms with Gasteiger partial charge in [0.25, 0.3) is 10.0 Å². The summed E-state index contributed by atoms with van der Waals surface area (Å²) >= 11 is 1.07. The number of methoxy groups -OCH3 is 1. The number of para-hydroxylation sites is 2. The molecule has 4 rings (SSSR count). The average molecular weight is 484 g/mol. The fourth-order valence-electron chi connectivity index (χ4n) is 3.40. The van der Waals surface area contributed by atoms with Crippen molar-refractivity contribution in [3.05, 3.63) is 82.5 Å². The van der Waals surface area contributed by atoms with Crippen molar-refractivity contribution >= 4 is 48.9 Å². The Bertz CT molecular complexity index is 1480. The second kappa shape index (κ2) is 9.08. The summed E-state index contributed by atoms with van der Waals surface area (Å²) in [5, 5.41) is 2.73. The van der Waals surface area contributed by atoms with E-state index in [-0.39, 0.29) is 15.5 Å². The number of amides is 1. The van der Waals surface area contributed by atoms with E-state index in [1.807, 2.05) is 0 Å². The zero-order valence-electron chi connectivity index (χ0n) is 17.9. The lowest BCUT2D eigenvalue weighted by molar-refractivity contribution is -0.114. The summed E-state index contributed by atoms with van der Waals surface area (Å²) in [6, 6.07) is 19.6. The van der Waals surface area contributed by atoms with Gasteiger partial charge in [0.1, 0.15) is 12.3 Å².